The van der Waals surface area contributed by atoms with Crippen LogP contribution in [0.4, 0.5) is 0 Å². The highest BCUT2D eigenvalue weighted by Crippen LogP contribution is 2.47. The van der Waals surface area contributed by atoms with Gasteiger partial charge in [0.25, 0.3) is 0 Å². The largest absolute Gasteiger partial charge is 0.462 e. The molecule has 0 spiro atoms. The number of carbonyl (C=O) groups is 8. The van der Waals surface area contributed by atoms with Crippen LogP contribution in [-0.4, -0.2) is 110 Å². The van der Waals surface area contributed by atoms with Crippen LogP contribution in [0.25, 0.3) is 0 Å². The molecule has 19 heteroatoms. The number of thiophene rings is 1. The van der Waals surface area contributed by atoms with E-state index in [0.717, 1.165) is 11.3 Å². The summed E-state index contributed by atoms with van der Waals surface area (Å²) in [5.74, 6) is -5.63. The first kappa shape index (κ1) is 64.7. The zero-order chi connectivity index (χ0) is 58.2. The number of hydrogen-bond acceptors (Lipinski definition) is 19. The van der Waals surface area contributed by atoms with Crippen molar-refractivity contribution in [1.82, 2.24) is 0 Å². The van der Waals surface area contributed by atoms with E-state index >= 15 is 0 Å². The second kappa shape index (κ2) is 23.1. The van der Waals surface area contributed by atoms with Gasteiger partial charge in [-0.2, -0.15) is 0 Å². The molecule has 2 fully saturated rings. The van der Waals surface area contributed by atoms with Crippen LogP contribution >= 0.6 is 11.3 Å². The minimum absolute atomic E-state index is 0.311. The average Bonchev–Trinajstić information content (AvgIpc) is 3.71. The minimum Gasteiger partial charge on any atom is -0.462 e. The molecule has 2 aliphatic heterocycles. The molecule has 0 amide bonds. The van der Waals surface area contributed by atoms with Crippen molar-refractivity contribution in [2.75, 3.05) is 13.2 Å². The second-order valence-electron chi connectivity index (χ2n) is 27.8. The highest BCUT2D eigenvalue weighted by atomic mass is 32.1. The Kier molecular flexibility index (Phi) is 20.0. The van der Waals surface area contributed by atoms with Crippen LogP contribution < -0.4 is 0 Å². The first-order valence-corrected chi connectivity index (χ1v) is 26.4. The summed E-state index contributed by atoms with van der Waals surface area (Å²) in [5.41, 5.74) is -8.65. The maximum absolute atomic E-state index is 14.1. The van der Waals surface area contributed by atoms with Gasteiger partial charge in [-0.25, -0.2) is 0 Å². The Labute approximate surface area is 448 Å². The van der Waals surface area contributed by atoms with Crippen molar-refractivity contribution in [3.8, 4) is 0 Å². The molecule has 10 atom stereocenters. The topological polar surface area (TPSA) is 229 Å². The molecule has 0 aromatic carbocycles. The van der Waals surface area contributed by atoms with Gasteiger partial charge in [-0.1, -0.05) is 0 Å². The Bertz CT molecular complexity index is 2080. The summed E-state index contributed by atoms with van der Waals surface area (Å²) in [5, 5.41) is 0. The van der Waals surface area contributed by atoms with Crippen LogP contribution in [0.1, 0.15) is 188 Å². The van der Waals surface area contributed by atoms with Gasteiger partial charge in [-0.3, -0.25) is 38.4 Å². The van der Waals surface area contributed by atoms with Gasteiger partial charge in [0.05, 0.1) is 43.3 Å². The van der Waals surface area contributed by atoms with E-state index < -0.39 is 165 Å². The van der Waals surface area contributed by atoms with Gasteiger partial charge in [0, 0.05) is 9.75 Å². The van der Waals surface area contributed by atoms with Gasteiger partial charge in [0.1, 0.15) is 37.6 Å². The van der Waals surface area contributed by atoms with Crippen molar-refractivity contribution in [3.05, 3.63) is 21.9 Å². The van der Waals surface area contributed by atoms with Crippen molar-refractivity contribution < 1.29 is 85.7 Å². The van der Waals surface area contributed by atoms with Crippen LogP contribution in [0.5, 0.6) is 0 Å². The fraction of sp³-hybridized carbons (Fsp3) is 0.786. The van der Waals surface area contributed by atoms with E-state index in [1.54, 1.807) is 178 Å². The Balaban J connectivity index is 2.49. The molecule has 3 heterocycles. The van der Waals surface area contributed by atoms with Gasteiger partial charge < -0.3 is 47.4 Å². The van der Waals surface area contributed by atoms with Gasteiger partial charge in [0.2, 0.25) is 0 Å². The molecule has 1 aromatic heterocycles. The summed E-state index contributed by atoms with van der Waals surface area (Å²) in [4.78, 5) is 111. The van der Waals surface area contributed by atoms with Gasteiger partial charge in [-0.05, 0) is 178 Å². The molecular formula is C56H88O18S. The zero-order valence-corrected chi connectivity index (χ0v) is 49.9. The summed E-state index contributed by atoms with van der Waals surface area (Å²) < 4.78 is 62.8. The molecule has 0 saturated carbocycles. The molecule has 18 nitrogen and oxygen atoms in total. The molecular weight excluding hydrogens is 993 g/mol. The first-order chi connectivity index (χ1) is 33.6. The van der Waals surface area contributed by atoms with Crippen LogP contribution in [-0.2, 0) is 85.7 Å². The molecule has 1 aromatic rings. The lowest BCUT2D eigenvalue weighted by Gasteiger charge is -2.46. The minimum atomic E-state index is -1.57. The third-order valence-electron chi connectivity index (χ3n) is 11.6. The van der Waals surface area contributed by atoms with Crippen LogP contribution in [0, 0.1) is 43.3 Å². The third-order valence-corrected chi connectivity index (χ3v) is 12.8. The molecule has 0 bridgehead atoms. The fourth-order valence-electron chi connectivity index (χ4n) is 6.59. The SMILES string of the molecule is CC(C)(C)C(=O)OC[C@H]1O[C@H](c2ccc([C@H]3O[C@H](COC(=O)C(C)(C)C)[C@@H](OC(=O)C(C)(C)C)[C@H](OC(=O)C(C)(C)C)[C@@H]3OC(=O)C(C)(C)C)s2)[C@@H](OC(=O)C(C)(C)C)[C@@H](OC(=O)C(C)(C)C)[C@@H]1OC(=O)C(C)(C)C. The highest BCUT2D eigenvalue weighted by Gasteiger charge is 2.58. The maximum atomic E-state index is 14.1. The standard InChI is InChI=1S/C56H88O18S/c1-49(2,3)41(57)65-27-29-33(69-43(59)51(7,8)9)37(71-45(61)53(13,14)15)39(73-47(63)55(19,20)21)35(67-29)31-25-26-32(75-31)36-40(74-48(64)56(22,23)24)38(72-46(62)54(16,17)18)34(70-44(60)52(10,11)12)30(68-36)28-66-42(58)50(4,5)6/h25-26,29-30,33-40H,27-28H2,1-24H3/t29-,30-,33-,34-,35-,36-,37+,38+,39-,40-/m1/s1. The number of rotatable bonds is 12. The van der Waals surface area contributed by atoms with Gasteiger partial charge >= 0.3 is 47.8 Å². The molecule has 2 aliphatic rings. The third kappa shape index (κ3) is 17.4. The quantitative estimate of drug-likeness (QED) is 0.140. The average molecular weight is 1080 g/mol. The predicted octanol–water partition coefficient (Wildman–Crippen LogP) is 9.55. The van der Waals surface area contributed by atoms with E-state index in [9.17, 15) is 38.4 Å². The summed E-state index contributed by atoms with van der Waals surface area (Å²) in [7, 11) is 0. The Morgan fingerprint density at radius 2 is 0.533 bits per heavy atom. The van der Waals surface area contributed by atoms with Crippen molar-refractivity contribution in [2.24, 2.45) is 43.3 Å². The number of ether oxygens (including phenoxy) is 10. The Morgan fingerprint density at radius 3 is 0.747 bits per heavy atom. The lowest BCUT2D eigenvalue weighted by Crippen LogP contribution is -2.61. The van der Waals surface area contributed by atoms with Crippen LogP contribution in [0.2, 0.25) is 0 Å². The van der Waals surface area contributed by atoms with Crippen molar-refractivity contribution in [3.63, 3.8) is 0 Å². The molecule has 426 valence electrons. The monoisotopic (exact) mass is 1080 g/mol. The summed E-state index contributed by atoms with van der Waals surface area (Å²) in [6.07, 6.45) is -14.6. The fourth-order valence-corrected chi connectivity index (χ4v) is 7.75. The number of esters is 8. The van der Waals surface area contributed by atoms with E-state index in [2.05, 4.69) is 0 Å². The smallest absolute Gasteiger partial charge is 0.311 e. The van der Waals surface area contributed by atoms with Crippen LogP contribution in [0.3, 0.4) is 0 Å². The Morgan fingerprint density at radius 1 is 0.333 bits per heavy atom. The van der Waals surface area contributed by atoms with Crippen molar-refractivity contribution in [2.45, 2.75) is 227 Å². The maximum Gasteiger partial charge on any atom is 0.311 e. The Hall–Kier alpha value is -4.62. The lowest BCUT2D eigenvalue weighted by atomic mass is 9.90. The van der Waals surface area contributed by atoms with Crippen molar-refractivity contribution in [1.29, 1.82) is 0 Å². The predicted molar refractivity (Wildman–Crippen MR) is 276 cm³/mol. The van der Waals surface area contributed by atoms with Gasteiger partial charge in [0.15, 0.2) is 36.6 Å². The summed E-state index contributed by atoms with van der Waals surface area (Å²) >= 11 is 1.03. The molecule has 2 saturated heterocycles. The summed E-state index contributed by atoms with van der Waals surface area (Å²) in [6.45, 7) is 38.2. The lowest BCUT2D eigenvalue weighted by molar-refractivity contribution is -0.261. The number of carbonyl (C=O) groups excluding carboxylic acids is 8. The van der Waals surface area contributed by atoms with E-state index in [4.69, 9.17) is 47.4 Å². The van der Waals surface area contributed by atoms with E-state index in [1.807, 2.05) is 0 Å². The van der Waals surface area contributed by atoms with Crippen LogP contribution in [0.15, 0.2) is 12.1 Å². The summed E-state index contributed by atoms with van der Waals surface area (Å²) in [6, 6.07) is 3.24. The normalized spacial score (nSPS) is 25.2. The molecule has 3 rings (SSSR count). The second-order valence-corrected chi connectivity index (χ2v) is 29.0. The molecule has 75 heavy (non-hydrogen) atoms. The zero-order valence-electron chi connectivity index (χ0n) is 49.1. The highest BCUT2D eigenvalue weighted by molar-refractivity contribution is 7.12. The van der Waals surface area contributed by atoms with E-state index in [-0.39, 0.29) is 0 Å². The van der Waals surface area contributed by atoms with Crippen molar-refractivity contribution >= 4 is 59.1 Å². The first-order valence-electron chi connectivity index (χ1n) is 25.6. The molecule has 0 N–H and O–H groups in total. The molecule has 0 aliphatic carbocycles. The molecule has 0 radical (unpaired) electrons. The van der Waals surface area contributed by atoms with Gasteiger partial charge in [-0.15, -0.1) is 11.3 Å². The number of hydrogen-bond donors (Lipinski definition) is 0. The van der Waals surface area contributed by atoms with E-state index in [0.29, 0.717) is 9.75 Å². The van der Waals surface area contributed by atoms with E-state index in [1.165, 1.54) is 0 Å². The molecule has 0 unspecified atom stereocenters.